The van der Waals surface area contributed by atoms with E-state index < -0.39 is 16.8 Å². The maximum Gasteiger partial charge on any atom is 0.150 e. The Hall–Kier alpha value is -1.07. The summed E-state index contributed by atoms with van der Waals surface area (Å²) in [5, 5.41) is 2.85. The molecule has 0 bridgehead atoms. The lowest BCUT2D eigenvalue weighted by Gasteiger charge is -2.13. The zero-order valence-corrected chi connectivity index (χ0v) is 11.4. The van der Waals surface area contributed by atoms with E-state index >= 15 is 0 Å². The van der Waals surface area contributed by atoms with Gasteiger partial charge in [-0.15, -0.1) is 0 Å². The van der Waals surface area contributed by atoms with Gasteiger partial charge in [-0.05, 0) is 13.1 Å². The summed E-state index contributed by atoms with van der Waals surface area (Å²) in [4.78, 5) is 11.5. The van der Waals surface area contributed by atoms with Gasteiger partial charge in [0, 0.05) is 28.5 Å². The average Bonchev–Trinajstić information content (AvgIpc) is 2.37. The lowest BCUT2D eigenvalue weighted by molar-refractivity contribution is -0.120. The maximum absolute atomic E-state index is 13.4. The minimum Gasteiger partial charge on any atom is -0.310 e. The number of carbonyl (C=O) groups is 1. The van der Waals surface area contributed by atoms with Gasteiger partial charge < -0.3 is 5.32 Å². The van der Waals surface area contributed by atoms with Gasteiger partial charge in [0.25, 0.3) is 0 Å². The molecule has 1 N–H and O–H groups in total. The summed E-state index contributed by atoms with van der Waals surface area (Å²) < 4.78 is 25.3. The Morgan fingerprint density at radius 3 is 2.67 bits per heavy atom. The zero-order valence-electron chi connectivity index (χ0n) is 10.6. The van der Waals surface area contributed by atoms with E-state index in [4.69, 9.17) is 0 Å². The molecule has 3 nitrogen and oxygen atoms in total. The lowest BCUT2D eigenvalue weighted by Crippen LogP contribution is -2.38. The molecular formula is C13H18FNO2S. The summed E-state index contributed by atoms with van der Waals surface area (Å²) >= 11 is 0. The fourth-order valence-corrected chi connectivity index (χ4v) is 3.04. The Morgan fingerprint density at radius 1 is 1.44 bits per heavy atom. The van der Waals surface area contributed by atoms with Crippen LogP contribution in [0.3, 0.4) is 0 Å². The normalized spacial score (nSPS) is 14.2. The number of benzene rings is 1. The summed E-state index contributed by atoms with van der Waals surface area (Å²) in [6.07, 6.45) is 0.405. The first-order valence-electron chi connectivity index (χ1n) is 5.86. The molecule has 0 radical (unpaired) electrons. The molecule has 1 aromatic rings. The number of halogens is 1. The summed E-state index contributed by atoms with van der Waals surface area (Å²) in [6.45, 7) is 1.77. The Kier molecular flexibility index (Phi) is 6.15. The molecule has 0 saturated carbocycles. The van der Waals surface area contributed by atoms with Crippen molar-refractivity contribution < 1.29 is 13.4 Å². The maximum atomic E-state index is 13.4. The minimum absolute atomic E-state index is 0.0272. The van der Waals surface area contributed by atoms with Gasteiger partial charge in [-0.3, -0.25) is 9.00 Å². The highest BCUT2D eigenvalue weighted by atomic mass is 32.2. The summed E-state index contributed by atoms with van der Waals surface area (Å²) in [6, 6.07) is 5.85. The number of hydrogen-bond donors (Lipinski definition) is 1. The van der Waals surface area contributed by atoms with Crippen LogP contribution in [0.4, 0.5) is 4.39 Å². The Morgan fingerprint density at radius 2 is 2.11 bits per heavy atom. The lowest BCUT2D eigenvalue weighted by atomic mass is 10.2. The van der Waals surface area contributed by atoms with Crippen LogP contribution in [-0.4, -0.2) is 28.8 Å². The highest BCUT2D eigenvalue weighted by Crippen LogP contribution is 2.10. The fourth-order valence-electron chi connectivity index (χ4n) is 1.62. The molecule has 2 unspecified atom stereocenters. The third-order valence-electron chi connectivity index (χ3n) is 2.71. The summed E-state index contributed by atoms with van der Waals surface area (Å²) in [7, 11) is 0.408. The SMILES string of the molecule is CCC(=O)C(CS(=O)Cc1ccccc1F)NC. The van der Waals surface area contributed by atoms with E-state index in [-0.39, 0.29) is 23.1 Å². The number of likely N-dealkylation sites (N-methyl/N-ethyl adjacent to an activating group) is 1. The summed E-state index contributed by atoms with van der Waals surface area (Å²) in [5.41, 5.74) is 0.426. The molecule has 5 heteroatoms. The molecule has 0 saturated heterocycles. The number of rotatable bonds is 7. The Balaban J connectivity index is 2.61. The van der Waals surface area contributed by atoms with E-state index in [9.17, 15) is 13.4 Å². The van der Waals surface area contributed by atoms with Crippen LogP contribution in [0.25, 0.3) is 0 Å². The van der Waals surface area contributed by atoms with Gasteiger partial charge in [-0.2, -0.15) is 0 Å². The molecule has 100 valence electrons. The van der Waals surface area contributed by atoms with Crippen LogP contribution in [0.15, 0.2) is 24.3 Å². The van der Waals surface area contributed by atoms with Gasteiger partial charge in [-0.25, -0.2) is 4.39 Å². The number of nitrogens with one attached hydrogen (secondary N) is 1. The third-order valence-corrected chi connectivity index (χ3v) is 4.05. The molecular weight excluding hydrogens is 253 g/mol. The second-order valence-corrected chi connectivity index (χ2v) is 5.51. The van der Waals surface area contributed by atoms with Gasteiger partial charge in [0.05, 0.1) is 11.8 Å². The van der Waals surface area contributed by atoms with Crippen molar-refractivity contribution in [2.45, 2.75) is 25.1 Å². The van der Waals surface area contributed by atoms with Crippen molar-refractivity contribution in [3.63, 3.8) is 0 Å². The molecule has 0 spiro atoms. The van der Waals surface area contributed by atoms with Gasteiger partial charge >= 0.3 is 0 Å². The van der Waals surface area contributed by atoms with Crippen LogP contribution in [0.5, 0.6) is 0 Å². The zero-order chi connectivity index (χ0) is 13.5. The highest BCUT2D eigenvalue weighted by molar-refractivity contribution is 7.84. The monoisotopic (exact) mass is 271 g/mol. The van der Waals surface area contributed by atoms with Crippen molar-refractivity contribution in [2.24, 2.45) is 0 Å². The molecule has 0 aliphatic rings. The van der Waals surface area contributed by atoms with Gasteiger partial charge in [0.15, 0.2) is 0 Å². The molecule has 1 aromatic carbocycles. The largest absolute Gasteiger partial charge is 0.310 e. The van der Waals surface area contributed by atoms with Gasteiger partial charge in [0.2, 0.25) is 0 Å². The van der Waals surface area contributed by atoms with Crippen molar-refractivity contribution in [1.29, 1.82) is 0 Å². The van der Waals surface area contributed by atoms with Gasteiger partial charge in [0.1, 0.15) is 11.6 Å². The number of Topliss-reactive ketones (excluding diaryl/α,β-unsaturated/α-hetero) is 1. The van der Waals surface area contributed by atoms with E-state index in [1.54, 1.807) is 32.2 Å². The minimum atomic E-state index is -1.26. The Labute approximate surface area is 109 Å². The van der Waals surface area contributed by atoms with Crippen molar-refractivity contribution in [2.75, 3.05) is 12.8 Å². The van der Waals surface area contributed by atoms with Crippen molar-refractivity contribution in [3.8, 4) is 0 Å². The predicted molar refractivity (Wildman–Crippen MR) is 71.3 cm³/mol. The highest BCUT2D eigenvalue weighted by Gasteiger charge is 2.18. The standard InChI is InChI=1S/C13H18FNO2S/c1-3-13(16)12(15-2)9-18(17)8-10-6-4-5-7-11(10)14/h4-7,12,15H,3,8-9H2,1-2H3. The van der Waals surface area contributed by atoms with Gasteiger partial charge in [-0.1, -0.05) is 25.1 Å². The second-order valence-electron chi connectivity index (χ2n) is 4.00. The van der Waals surface area contributed by atoms with Crippen LogP contribution in [0.1, 0.15) is 18.9 Å². The van der Waals surface area contributed by atoms with E-state index in [1.807, 2.05) is 0 Å². The predicted octanol–water partition coefficient (Wildman–Crippen LogP) is 1.64. The average molecular weight is 271 g/mol. The molecule has 18 heavy (non-hydrogen) atoms. The number of ketones is 1. The van der Waals surface area contributed by atoms with Crippen molar-refractivity contribution in [1.82, 2.24) is 5.32 Å². The molecule has 0 fully saturated rings. The number of carbonyl (C=O) groups excluding carboxylic acids is 1. The van der Waals surface area contributed by atoms with Crippen LogP contribution in [0.2, 0.25) is 0 Å². The molecule has 0 aromatic heterocycles. The first-order valence-corrected chi connectivity index (χ1v) is 7.35. The van der Waals surface area contributed by atoms with E-state index in [0.29, 0.717) is 12.0 Å². The first kappa shape index (κ1) is 15.0. The van der Waals surface area contributed by atoms with Crippen molar-refractivity contribution in [3.05, 3.63) is 35.6 Å². The van der Waals surface area contributed by atoms with Crippen molar-refractivity contribution >= 4 is 16.6 Å². The number of hydrogen-bond acceptors (Lipinski definition) is 3. The van der Waals surface area contributed by atoms with Crippen LogP contribution < -0.4 is 5.32 Å². The smallest absolute Gasteiger partial charge is 0.150 e. The molecule has 0 heterocycles. The molecule has 0 aliphatic heterocycles. The topological polar surface area (TPSA) is 46.2 Å². The van der Waals surface area contributed by atoms with Crippen LogP contribution in [-0.2, 0) is 21.3 Å². The molecule has 0 amide bonds. The molecule has 1 rings (SSSR count). The second kappa shape index (κ2) is 7.38. The van der Waals surface area contributed by atoms with E-state index in [1.165, 1.54) is 6.07 Å². The third kappa shape index (κ3) is 4.31. The quantitative estimate of drug-likeness (QED) is 0.820. The van der Waals surface area contributed by atoms with E-state index in [0.717, 1.165) is 0 Å². The van der Waals surface area contributed by atoms with E-state index in [2.05, 4.69) is 5.32 Å². The van der Waals surface area contributed by atoms with Crippen LogP contribution in [0, 0.1) is 5.82 Å². The van der Waals surface area contributed by atoms with Crippen LogP contribution >= 0.6 is 0 Å². The summed E-state index contributed by atoms with van der Waals surface area (Å²) in [5.74, 6) is 0.0346. The Bertz CT molecular complexity index is 437. The fraction of sp³-hybridized carbons (Fsp3) is 0.462. The molecule has 2 atom stereocenters. The molecule has 0 aliphatic carbocycles. The first-order chi connectivity index (χ1) is 8.58.